The molecule has 2 atom stereocenters. The van der Waals surface area contributed by atoms with Crippen LogP contribution in [0.4, 0.5) is 23.7 Å². The molecule has 1 aromatic carbocycles. The molecule has 0 unspecified atom stereocenters. The lowest BCUT2D eigenvalue weighted by molar-refractivity contribution is -0.0521. The Hall–Kier alpha value is -2.97. The van der Waals surface area contributed by atoms with Crippen molar-refractivity contribution in [2.45, 2.75) is 25.5 Å². The van der Waals surface area contributed by atoms with Gasteiger partial charge in [0.05, 0.1) is 0 Å². The van der Waals surface area contributed by atoms with Crippen LogP contribution in [-0.4, -0.2) is 35.2 Å². The number of carbonyl (C=O) groups excluding carboxylic acids is 1. The van der Waals surface area contributed by atoms with Crippen molar-refractivity contribution >= 4 is 11.7 Å². The maximum atomic E-state index is 13.8. The summed E-state index contributed by atoms with van der Waals surface area (Å²) in [5.41, 5.74) is 1.03. The minimum atomic E-state index is -3.13. The summed E-state index contributed by atoms with van der Waals surface area (Å²) >= 11 is 0. The van der Waals surface area contributed by atoms with Crippen molar-refractivity contribution in [2.75, 3.05) is 18.4 Å². The molecule has 3 heterocycles. The molecule has 2 aromatic rings. The second-order valence-electron chi connectivity index (χ2n) is 7.06. The molecule has 2 aliphatic heterocycles. The van der Waals surface area contributed by atoms with Crippen LogP contribution in [0.2, 0.25) is 0 Å². The maximum absolute atomic E-state index is 13.8. The number of hydrogen-bond donors (Lipinski definition) is 1. The summed E-state index contributed by atoms with van der Waals surface area (Å²) in [6, 6.07) is 8.05. The van der Waals surface area contributed by atoms with Gasteiger partial charge in [-0.15, -0.1) is 0 Å². The van der Waals surface area contributed by atoms with E-state index in [0.717, 1.165) is 24.2 Å². The van der Waals surface area contributed by atoms with Gasteiger partial charge in [-0.25, -0.2) is 9.18 Å². The van der Waals surface area contributed by atoms with Gasteiger partial charge in [0.15, 0.2) is 11.6 Å². The van der Waals surface area contributed by atoms with Gasteiger partial charge < -0.3 is 19.5 Å². The minimum Gasteiger partial charge on any atom is -0.432 e. The minimum absolute atomic E-state index is 0.0355. The Balaban J connectivity index is 1.47. The number of benzene rings is 1. The Kier molecular flexibility index (Phi) is 4.74. The van der Waals surface area contributed by atoms with E-state index >= 15 is 0 Å². The van der Waals surface area contributed by atoms with Gasteiger partial charge in [0.1, 0.15) is 0 Å². The lowest BCUT2D eigenvalue weighted by Crippen LogP contribution is -2.50. The van der Waals surface area contributed by atoms with Crippen LogP contribution >= 0.6 is 0 Å². The highest BCUT2D eigenvalue weighted by Crippen LogP contribution is 2.35. The molecule has 2 aliphatic rings. The third-order valence-electron chi connectivity index (χ3n) is 5.17. The van der Waals surface area contributed by atoms with E-state index in [9.17, 15) is 22.8 Å². The van der Waals surface area contributed by atoms with Crippen LogP contribution in [-0.2, 0) is 6.54 Å². The van der Waals surface area contributed by atoms with E-state index in [1.165, 1.54) is 12.1 Å². The van der Waals surface area contributed by atoms with Crippen molar-refractivity contribution in [1.29, 1.82) is 0 Å². The summed E-state index contributed by atoms with van der Waals surface area (Å²) in [5, 5.41) is 2.59. The van der Waals surface area contributed by atoms with E-state index in [0.29, 0.717) is 19.6 Å². The first-order chi connectivity index (χ1) is 13.4. The number of amides is 2. The van der Waals surface area contributed by atoms with Gasteiger partial charge in [-0.1, -0.05) is 6.07 Å². The molecule has 0 aliphatic carbocycles. The molecule has 0 saturated carbocycles. The zero-order valence-electron chi connectivity index (χ0n) is 14.8. The first-order valence-corrected chi connectivity index (χ1v) is 8.90. The van der Waals surface area contributed by atoms with E-state index < -0.39 is 24.2 Å². The molecule has 9 heteroatoms. The predicted molar refractivity (Wildman–Crippen MR) is 95.2 cm³/mol. The third kappa shape index (κ3) is 3.56. The number of rotatable bonds is 3. The molecule has 148 valence electrons. The Morgan fingerprint density at radius 1 is 1.18 bits per heavy atom. The number of hydrogen-bond acceptors (Lipinski definition) is 3. The van der Waals surface area contributed by atoms with Gasteiger partial charge in [-0.3, -0.25) is 4.79 Å². The molecule has 6 nitrogen and oxygen atoms in total. The summed E-state index contributed by atoms with van der Waals surface area (Å²) in [6.45, 7) is -1.64. The van der Waals surface area contributed by atoms with Crippen molar-refractivity contribution in [2.24, 2.45) is 5.92 Å². The summed E-state index contributed by atoms with van der Waals surface area (Å²) in [7, 11) is 0. The average Bonchev–Trinajstić information content (AvgIpc) is 2.64. The van der Waals surface area contributed by atoms with Crippen LogP contribution in [0.1, 0.15) is 18.0 Å². The zero-order valence-corrected chi connectivity index (χ0v) is 14.8. The quantitative estimate of drug-likeness (QED) is 0.871. The molecule has 1 aromatic heterocycles. The van der Waals surface area contributed by atoms with E-state index in [-0.39, 0.29) is 23.1 Å². The second kappa shape index (κ2) is 7.21. The SMILES string of the molecule is O=C(Nc1ccc(OC(F)F)c(F)c1)N1C[C@@H]2C[C@H](C1)c1cccc(=O)n1C2. The van der Waals surface area contributed by atoms with Crippen LogP contribution < -0.4 is 15.6 Å². The molecule has 1 saturated heterocycles. The molecule has 28 heavy (non-hydrogen) atoms. The van der Waals surface area contributed by atoms with Gasteiger partial charge in [-0.2, -0.15) is 8.78 Å². The number of ether oxygens (including phenoxy) is 1. The third-order valence-corrected chi connectivity index (χ3v) is 5.17. The van der Waals surface area contributed by atoms with Gasteiger partial charge >= 0.3 is 12.6 Å². The van der Waals surface area contributed by atoms with Crippen molar-refractivity contribution in [3.8, 4) is 5.75 Å². The molecule has 1 N–H and O–H groups in total. The fourth-order valence-electron chi connectivity index (χ4n) is 4.03. The first kappa shape index (κ1) is 18.4. The normalized spacial score (nSPS) is 20.6. The fourth-order valence-corrected chi connectivity index (χ4v) is 4.03. The van der Waals surface area contributed by atoms with E-state index in [1.807, 2.05) is 6.07 Å². The topological polar surface area (TPSA) is 63.6 Å². The Labute approximate surface area is 158 Å². The molecular weight excluding hydrogens is 375 g/mol. The van der Waals surface area contributed by atoms with Crippen molar-refractivity contribution in [3.05, 3.63) is 58.3 Å². The van der Waals surface area contributed by atoms with Crippen molar-refractivity contribution in [1.82, 2.24) is 9.47 Å². The molecule has 0 spiro atoms. The number of urea groups is 1. The lowest BCUT2D eigenvalue weighted by Gasteiger charge is -2.42. The van der Waals surface area contributed by atoms with Gasteiger partial charge in [0.25, 0.3) is 5.56 Å². The van der Waals surface area contributed by atoms with Crippen LogP contribution in [0.5, 0.6) is 5.75 Å². The van der Waals surface area contributed by atoms with Crippen molar-refractivity contribution in [3.63, 3.8) is 0 Å². The smallest absolute Gasteiger partial charge is 0.387 e. The fraction of sp³-hybridized carbons (Fsp3) is 0.368. The number of fused-ring (bicyclic) bond motifs is 4. The number of likely N-dealkylation sites (tertiary alicyclic amines) is 1. The van der Waals surface area contributed by atoms with Crippen LogP contribution in [0.25, 0.3) is 0 Å². The highest BCUT2D eigenvalue weighted by Gasteiger charge is 2.36. The molecular formula is C19H18F3N3O3. The number of nitrogens with one attached hydrogen (secondary N) is 1. The number of pyridine rings is 1. The highest BCUT2D eigenvalue weighted by molar-refractivity contribution is 5.89. The van der Waals surface area contributed by atoms with Crippen molar-refractivity contribution < 1.29 is 22.7 Å². The van der Waals surface area contributed by atoms with Crippen LogP contribution in [0.15, 0.2) is 41.2 Å². The standard InChI is InChI=1S/C19H18F3N3O3/c20-14-7-13(4-5-16(14)28-18(21)22)23-19(27)24-8-11-6-12(10-24)15-2-1-3-17(26)25(15)9-11/h1-5,7,11-12,18H,6,8-10H2,(H,23,27)/t11-,12+/m0/s1. The first-order valence-electron chi connectivity index (χ1n) is 8.90. The number of halogens is 3. The summed E-state index contributed by atoms with van der Waals surface area (Å²) < 4.78 is 44.1. The Morgan fingerprint density at radius 2 is 2.00 bits per heavy atom. The Bertz CT molecular complexity index is 963. The predicted octanol–water partition coefficient (Wildman–Crippen LogP) is 3.24. The lowest BCUT2D eigenvalue weighted by atomic mass is 9.83. The molecule has 2 amide bonds. The number of anilines is 1. The molecule has 1 fully saturated rings. The molecule has 4 rings (SSSR count). The van der Waals surface area contributed by atoms with E-state index in [4.69, 9.17) is 0 Å². The number of nitrogens with zero attached hydrogens (tertiary/aromatic N) is 2. The zero-order chi connectivity index (χ0) is 19.8. The average molecular weight is 393 g/mol. The highest BCUT2D eigenvalue weighted by atomic mass is 19.3. The van der Waals surface area contributed by atoms with Gasteiger partial charge in [0.2, 0.25) is 0 Å². The number of aromatic nitrogens is 1. The molecule has 0 radical (unpaired) electrons. The maximum Gasteiger partial charge on any atom is 0.387 e. The monoisotopic (exact) mass is 393 g/mol. The van der Waals surface area contributed by atoms with Crippen LogP contribution in [0.3, 0.4) is 0 Å². The number of carbonyl (C=O) groups is 1. The summed E-state index contributed by atoms with van der Waals surface area (Å²) in [4.78, 5) is 26.3. The number of alkyl halides is 2. The number of piperidine rings is 1. The van der Waals surface area contributed by atoms with E-state index in [1.54, 1.807) is 15.5 Å². The summed E-state index contributed by atoms with van der Waals surface area (Å²) in [6.07, 6.45) is 0.904. The second-order valence-corrected chi connectivity index (χ2v) is 7.06. The van der Waals surface area contributed by atoms with Gasteiger partial charge in [-0.05, 0) is 30.5 Å². The Morgan fingerprint density at radius 3 is 2.75 bits per heavy atom. The largest absolute Gasteiger partial charge is 0.432 e. The van der Waals surface area contributed by atoms with E-state index in [2.05, 4.69) is 10.1 Å². The van der Waals surface area contributed by atoms with Crippen LogP contribution in [0, 0.1) is 11.7 Å². The summed E-state index contributed by atoms with van der Waals surface area (Å²) in [5.74, 6) is -1.34. The molecule has 2 bridgehead atoms. The van der Waals surface area contributed by atoms with Gasteiger partial charge in [0, 0.05) is 49.1 Å².